The van der Waals surface area contributed by atoms with Crippen LogP contribution in [0.5, 0.6) is 23.0 Å². The van der Waals surface area contributed by atoms with Crippen LogP contribution in [0.1, 0.15) is 82.4 Å². The highest BCUT2D eigenvalue weighted by molar-refractivity contribution is 6.00. The Kier molecular flexibility index (Phi) is 16.8. The number of esters is 5. The molecule has 5 aromatic rings. The predicted molar refractivity (Wildman–Crippen MR) is 226 cm³/mol. The van der Waals surface area contributed by atoms with Crippen LogP contribution in [0, 0.1) is 0 Å². The number of hydrogen-bond acceptors (Lipinski definition) is 12. The molecule has 12 heteroatoms. The van der Waals surface area contributed by atoms with E-state index < -0.39 is 29.8 Å². The van der Waals surface area contributed by atoms with Gasteiger partial charge < -0.3 is 33.2 Å². The Morgan fingerprint density at radius 3 is 1.38 bits per heavy atom. The van der Waals surface area contributed by atoms with Gasteiger partial charge in [-0.15, -0.1) is 0 Å². The molecule has 0 N–H and O–H groups in total. The van der Waals surface area contributed by atoms with Gasteiger partial charge in [0, 0.05) is 12.2 Å². The van der Waals surface area contributed by atoms with Gasteiger partial charge >= 0.3 is 29.8 Å². The second-order valence-electron chi connectivity index (χ2n) is 13.6. The summed E-state index contributed by atoms with van der Waals surface area (Å²) in [5.74, 6) is -1.57. The third-order valence-corrected chi connectivity index (χ3v) is 9.30. The minimum absolute atomic E-state index is 0.0529. The molecule has 0 spiro atoms. The van der Waals surface area contributed by atoms with E-state index in [0.29, 0.717) is 37.9 Å². The van der Waals surface area contributed by atoms with Gasteiger partial charge in [0.15, 0.2) is 0 Å². The lowest BCUT2D eigenvalue weighted by Crippen LogP contribution is -2.13. The summed E-state index contributed by atoms with van der Waals surface area (Å²) in [7, 11) is 1.20. The van der Waals surface area contributed by atoms with Crippen molar-refractivity contribution in [3.8, 4) is 23.0 Å². The molecule has 60 heavy (non-hydrogen) atoms. The van der Waals surface area contributed by atoms with Gasteiger partial charge in [-0.3, -0.25) is 0 Å². The SMILES string of the molecule is C=CC(=O)OCCCCCCOc1ccc2cc(C(=O)Oc3ccc(OC(=O)c4ccc5cc(OCCCCCCOC(=O)C=C)ccc5c4)c(C(=O)OC)c3)ccc2c1. The second-order valence-corrected chi connectivity index (χ2v) is 13.6. The number of methoxy groups -OCH3 is 1. The molecule has 0 radical (unpaired) electrons. The number of fused-ring (bicyclic) bond motifs is 2. The normalized spacial score (nSPS) is 10.7. The Balaban J connectivity index is 1.12. The molecule has 0 bridgehead atoms. The minimum atomic E-state index is -0.786. The molecule has 312 valence electrons. The Hall–Kier alpha value is -6.95. The van der Waals surface area contributed by atoms with E-state index in [1.54, 1.807) is 36.4 Å². The first-order chi connectivity index (χ1) is 29.2. The van der Waals surface area contributed by atoms with E-state index in [1.807, 2.05) is 36.4 Å². The van der Waals surface area contributed by atoms with Crippen LogP contribution < -0.4 is 18.9 Å². The maximum Gasteiger partial charge on any atom is 0.343 e. The number of ether oxygens (including phenoxy) is 7. The van der Waals surface area contributed by atoms with Gasteiger partial charge in [0.25, 0.3) is 0 Å². The number of carbonyl (C=O) groups is 5. The van der Waals surface area contributed by atoms with Crippen LogP contribution in [-0.4, -0.2) is 63.4 Å². The molecule has 12 nitrogen and oxygen atoms in total. The van der Waals surface area contributed by atoms with E-state index in [1.165, 1.54) is 25.3 Å². The second kappa shape index (κ2) is 22.8. The molecule has 0 aliphatic carbocycles. The Labute approximate surface area is 348 Å². The van der Waals surface area contributed by atoms with Crippen molar-refractivity contribution in [2.24, 2.45) is 0 Å². The highest BCUT2D eigenvalue weighted by atomic mass is 16.6. The molecular formula is C48H48O12. The lowest BCUT2D eigenvalue weighted by Gasteiger charge is -2.12. The molecule has 0 saturated carbocycles. The number of benzene rings is 5. The Morgan fingerprint density at radius 1 is 0.467 bits per heavy atom. The molecule has 0 fully saturated rings. The zero-order valence-electron chi connectivity index (χ0n) is 33.6. The number of carbonyl (C=O) groups excluding carboxylic acids is 5. The van der Waals surface area contributed by atoms with E-state index in [4.69, 9.17) is 33.2 Å². The highest BCUT2D eigenvalue weighted by Crippen LogP contribution is 2.29. The third kappa shape index (κ3) is 13.3. The van der Waals surface area contributed by atoms with Gasteiger partial charge in [0.2, 0.25) is 0 Å². The van der Waals surface area contributed by atoms with Crippen LogP contribution in [0.15, 0.2) is 116 Å². The quantitative estimate of drug-likeness (QED) is 0.0203. The van der Waals surface area contributed by atoms with Crippen LogP contribution >= 0.6 is 0 Å². The van der Waals surface area contributed by atoms with Gasteiger partial charge in [-0.2, -0.15) is 0 Å². The summed E-state index contributed by atoms with van der Waals surface area (Å²) in [5, 5.41) is 3.32. The zero-order valence-corrected chi connectivity index (χ0v) is 33.6. The van der Waals surface area contributed by atoms with Crippen LogP contribution in [0.2, 0.25) is 0 Å². The third-order valence-electron chi connectivity index (χ3n) is 9.30. The summed E-state index contributed by atoms with van der Waals surface area (Å²) in [4.78, 5) is 61.5. The van der Waals surface area contributed by atoms with E-state index in [-0.39, 0.29) is 28.2 Å². The number of unbranched alkanes of at least 4 members (excludes halogenated alkanes) is 6. The molecule has 0 aliphatic heterocycles. The molecular weight excluding hydrogens is 769 g/mol. The molecule has 0 unspecified atom stereocenters. The number of rotatable bonds is 23. The molecule has 0 amide bonds. The molecule has 0 aromatic heterocycles. The first-order valence-electron chi connectivity index (χ1n) is 19.8. The summed E-state index contributed by atoms with van der Waals surface area (Å²) >= 11 is 0. The van der Waals surface area contributed by atoms with Crippen molar-refractivity contribution in [3.63, 3.8) is 0 Å². The minimum Gasteiger partial charge on any atom is -0.494 e. The fourth-order valence-corrected chi connectivity index (χ4v) is 6.10. The molecule has 5 rings (SSSR count). The summed E-state index contributed by atoms with van der Waals surface area (Å²) in [6.45, 7) is 8.58. The molecule has 0 atom stereocenters. The summed E-state index contributed by atoms with van der Waals surface area (Å²) in [6, 6.07) is 25.5. The molecule has 5 aromatic carbocycles. The average molecular weight is 817 g/mol. The smallest absolute Gasteiger partial charge is 0.343 e. The van der Waals surface area contributed by atoms with E-state index in [0.717, 1.165) is 85.1 Å². The first kappa shape index (κ1) is 44.2. The van der Waals surface area contributed by atoms with Gasteiger partial charge in [0.05, 0.1) is 44.7 Å². The maximum atomic E-state index is 13.3. The first-order valence-corrected chi connectivity index (χ1v) is 19.8. The molecule has 0 heterocycles. The lowest BCUT2D eigenvalue weighted by molar-refractivity contribution is -0.138. The van der Waals surface area contributed by atoms with Crippen molar-refractivity contribution in [1.82, 2.24) is 0 Å². The summed E-state index contributed by atoms with van der Waals surface area (Å²) in [6.07, 6.45) is 9.28. The fraction of sp³-hybridized carbons (Fsp3) is 0.271. The van der Waals surface area contributed by atoms with Gasteiger partial charge in [-0.05, 0) is 140 Å². The lowest BCUT2D eigenvalue weighted by atomic mass is 10.1. The highest BCUT2D eigenvalue weighted by Gasteiger charge is 2.20. The standard InChI is InChI=1S/C48H48O12/c1-4-44(49)57-26-12-8-6-10-24-55-39-20-18-33-28-37(16-14-35(33)30-39)46(51)59-41-22-23-43(42(32-41)48(53)54-3)60-47(52)38-17-15-36-31-40(21-19-34(36)29-38)56-25-11-7-9-13-27-58-45(50)5-2/h4-5,14-23,28-32H,1-2,6-13,24-27H2,3H3. The van der Waals surface area contributed by atoms with Gasteiger partial charge in [-0.1, -0.05) is 37.4 Å². The molecule has 0 aliphatic rings. The topological polar surface area (TPSA) is 150 Å². The van der Waals surface area contributed by atoms with E-state index in [9.17, 15) is 24.0 Å². The predicted octanol–water partition coefficient (Wildman–Crippen LogP) is 9.55. The van der Waals surface area contributed by atoms with Crippen molar-refractivity contribution in [1.29, 1.82) is 0 Å². The van der Waals surface area contributed by atoms with Crippen molar-refractivity contribution in [2.75, 3.05) is 33.5 Å². The van der Waals surface area contributed by atoms with E-state index in [2.05, 4.69) is 13.2 Å². The molecule has 0 saturated heterocycles. The summed E-state index contributed by atoms with van der Waals surface area (Å²) < 4.78 is 38.0. The van der Waals surface area contributed by atoms with Crippen LogP contribution in [0.3, 0.4) is 0 Å². The van der Waals surface area contributed by atoms with Crippen molar-refractivity contribution in [3.05, 3.63) is 133 Å². The van der Waals surface area contributed by atoms with Gasteiger partial charge in [0.1, 0.15) is 28.6 Å². The van der Waals surface area contributed by atoms with Gasteiger partial charge in [-0.25, -0.2) is 24.0 Å². The Morgan fingerprint density at radius 2 is 0.900 bits per heavy atom. The average Bonchev–Trinajstić information content (AvgIpc) is 3.27. The van der Waals surface area contributed by atoms with Crippen LogP contribution in [0.4, 0.5) is 0 Å². The van der Waals surface area contributed by atoms with Crippen molar-refractivity contribution < 1.29 is 57.1 Å². The van der Waals surface area contributed by atoms with E-state index >= 15 is 0 Å². The number of hydrogen-bond donors (Lipinski definition) is 0. The van der Waals surface area contributed by atoms with Crippen LogP contribution in [-0.2, 0) is 23.8 Å². The summed E-state index contributed by atoms with van der Waals surface area (Å²) in [5.41, 5.74) is 0.445. The largest absolute Gasteiger partial charge is 0.494 e. The Bertz CT molecular complexity index is 2330. The van der Waals surface area contributed by atoms with Crippen LogP contribution in [0.25, 0.3) is 21.5 Å². The monoisotopic (exact) mass is 816 g/mol. The van der Waals surface area contributed by atoms with Crippen molar-refractivity contribution >= 4 is 51.4 Å². The fourth-order valence-electron chi connectivity index (χ4n) is 6.10. The zero-order chi connectivity index (χ0) is 42.7. The maximum absolute atomic E-state index is 13.3. The van der Waals surface area contributed by atoms with Crippen molar-refractivity contribution in [2.45, 2.75) is 51.4 Å².